The lowest BCUT2D eigenvalue weighted by molar-refractivity contribution is -0.171. The summed E-state index contributed by atoms with van der Waals surface area (Å²) < 4.78 is 89.9. The van der Waals surface area contributed by atoms with Gasteiger partial charge in [0.05, 0.1) is 11.8 Å². The average Bonchev–Trinajstić information content (AvgIpc) is 3.01. The lowest BCUT2D eigenvalue weighted by Crippen LogP contribution is -2.19. The van der Waals surface area contributed by atoms with Gasteiger partial charge in [-0.05, 0) is 36.5 Å². The minimum atomic E-state index is -3.99. The Labute approximate surface area is 333 Å². The molecule has 0 N–H and O–H groups in total. The van der Waals surface area contributed by atoms with Crippen molar-refractivity contribution in [3.63, 3.8) is 0 Å². The SMILES string of the molecule is CC(C)C.CCC.CCC(C)C.CCC(C)C(F)(F)F.CCCC.CCCC(C)C.CCCC(C)C(F)(F)F.CCCCC.[2H]C(C)(C)C.[2H]C([2H])(C)CC. The van der Waals surface area contributed by atoms with Gasteiger partial charge in [0.25, 0.3) is 0 Å². The van der Waals surface area contributed by atoms with Gasteiger partial charge in [-0.1, -0.05) is 243 Å². The Morgan fingerprint density at radius 2 is 0.673 bits per heavy atom. The highest BCUT2D eigenvalue weighted by atomic mass is 19.4. The molecule has 0 bridgehead atoms. The predicted molar refractivity (Wildman–Crippen MR) is 234 cm³/mol. The minimum Gasteiger partial charge on any atom is -0.171 e. The minimum absolute atomic E-state index is 0.170. The molecular weight excluding hydrogens is 666 g/mol. The maximum absolute atomic E-state index is 11.6. The summed E-state index contributed by atoms with van der Waals surface area (Å²) in [4.78, 5) is 0. The summed E-state index contributed by atoms with van der Waals surface area (Å²) >= 11 is 0. The first-order valence-electron chi connectivity index (χ1n) is 22.7. The van der Waals surface area contributed by atoms with Crippen molar-refractivity contribution in [2.75, 3.05) is 0 Å². The molecule has 0 spiro atoms. The van der Waals surface area contributed by atoms with Crippen molar-refractivity contribution < 1.29 is 30.5 Å². The summed E-state index contributed by atoms with van der Waals surface area (Å²) in [5.41, 5.74) is 0. The number of unbranched alkanes of at least 4 members (excludes halogenated alkanes) is 3. The second-order valence-corrected chi connectivity index (χ2v) is 15.1. The summed E-state index contributed by atoms with van der Waals surface area (Å²) in [5.74, 6) is 0.0787. The van der Waals surface area contributed by atoms with E-state index in [2.05, 4.69) is 104 Å². The number of hydrogen-bond acceptors (Lipinski definition) is 0. The van der Waals surface area contributed by atoms with E-state index in [1.54, 1.807) is 13.8 Å². The largest absolute Gasteiger partial charge is 0.391 e. The lowest BCUT2D eigenvalue weighted by Gasteiger charge is -2.13. The molecule has 0 fully saturated rings. The van der Waals surface area contributed by atoms with Gasteiger partial charge in [-0.15, -0.1) is 0 Å². The van der Waals surface area contributed by atoms with Gasteiger partial charge in [0.2, 0.25) is 0 Å². The van der Waals surface area contributed by atoms with E-state index in [-0.39, 0.29) is 18.7 Å². The highest BCUT2D eigenvalue weighted by Crippen LogP contribution is 2.29. The van der Waals surface area contributed by atoms with E-state index >= 15 is 0 Å². The topological polar surface area (TPSA) is 0 Å². The maximum atomic E-state index is 11.6. The van der Waals surface area contributed by atoms with Gasteiger partial charge >= 0.3 is 12.4 Å². The molecule has 0 radical (unpaired) electrons. The van der Waals surface area contributed by atoms with Crippen molar-refractivity contribution in [2.45, 2.75) is 268 Å². The first-order valence-corrected chi connectivity index (χ1v) is 21.2. The van der Waals surface area contributed by atoms with E-state index in [9.17, 15) is 26.3 Å². The van der Waals surface area contributed by atoms with Gasteiger partial charge in [0.1, 0.15) is 0 Å². The fourth-order valence-electron chi connectivity index (χ4n) is 1.76. The standard InChI is InChI=1S/C6H11F3.C6H14.C5H9F3.2C5H12.4C4H10.C3H8/c1-3-4-5(2)6(7,8)9;1-4-5-6(2)3;1-3-4(2)5(6,7)8;1-4-5(2)3;1-3-5-4-2;2*1-4(2)3;2*1-3-4-2;1-3-2/h5H,3-4H2,1-2H3;6H,4-5H2,1-3H3;4H,3H2,1-2H3;5H,4H2,1-3H3;3-5H2,1-2H3;2*4H,1-3H3;2*3-4H2,1-2H3;3H2,1-2H3/i;;;;;4D;;3D2;;. The van der Waals surface area contributed by atoms with Crippen LogP contribution in [0.25, 0.3) is 0 Å². The van der Waals surface area contributed by atoms with Crippen molar-refractivity contribution in [2.24, 2.45) is 35.5 Å². The van der Waals surface area contributed by atoms with Crippen molar-refractivity contribution in [3.05, 3.63) is 0 Å². The van der Waals surface area contributed by atoms with E-state index < -0.39 is 30.6 Å². The van der Waals surface area contributed by atoms with Crippen molar-refractivity contribution in [1.82, 2.24) is 0 Å². The van der Waals surface area contributed by atoms with Crippen LogP contribution in [-0.2, 0) is 0 Å². The molecule has 0 aromatic carbocycles. The Morgan fingerprint density at radius 1 is 0.423 bits per heavy atom. The van der Waals surface area contributed by atoms with Crippen LogP contribution in [0.3, 0.4) is 0 Å². The third-order valence-electron chi connectivity index (χ3n) is 5.69. The molecule has 0 rings (SSSR count). The number of halogens is 6. The van der Waals surface area contributed by atoms with Crippen LogP contribution in [0, 0.1) is 35.5 Å². The van der Waals surface area contributed by atoms with Crippen LogP contribution >= 0.6 is 0 Å². The molecule has 52 heavy (non-hydrogen) atoms. The summed E-state index contributed by atoms with van der Waals surface area (Å²) in [6, 6.07) is 0. The number of alkyl halides is 6. The second-order valence-electron chi connectivity index (χ2n) is 15.1. The van der Waals surface area contributed by atoms with Gasteiger partial charge in [-0.2, -0.15) is 26.3 Å². The van der Waals surface area contributed by atoms with E-state index in [1.807, 2.05) is 27.7 Å². The van der Waals surface area contributed by atoms with Crippen LogP contribution in [0.4, 0.5) is 26.3 Å². The van der Waals surface area contributed by atoms with Crippen LogP contribution in [-0.4, -0.2) is 12.4 Å². The summed E-state index contributed by atoms with van der Waals surface area (Å²) in [7, 11) is 0. The van der Waals surface area contributed by atoms with E-state index in [0.29, 0.717) is 12.8 Å². The predicted octanol–water partition coefficient (Wildman–Crippen LogP) is 20.6. The molecule has 332 valence electrons. The highest BCUT2D eigenvalue weighted by molar-refractivity contribution is 4.60. The fourth-order valence-corrected chi connectivity index (χ4v) is 1.76. The zero-order valence-corrected chi connectivity index (χ0v) is 40.3. The summed E-state index contributed by atoms with van der Waals surface area (Å²) in [6.45, 7) is 47.6. The van der Waals surface area contributed by atoms with Gasteiger partial charge in [-0.25, -0.2) is 0 Å². The van der Waals surface area contributed by atoms with Gasteiger partial charge in [0.15, 0.2) is 0 Å². The smallest absolute Gasteiger partial charge is 0.171 e. The number of rotatable bonds is 10. The van der Waals surface area contributed by atoms with Gasteiger partial charge in [-0.3, -0.25) is 0 Å². The van der Waals surface area contributed by atoms with E-state index in [1.165, 1.54) is 78.6 Å². The summed E-state index contributed by atoms with van der Waals surface area (Å²) in [6.07, 6.45) is 4.65. The van der Waals surface area contributed by atoms with Crippen LogP contribution in [0.2, 0.25) is 0 Å². The van der Waals surface area contributed by atoms with Crippen molar-refractivity contribution in [3.8, 4) is 0 Å². The molecule has 0 amide bonds. The molecule has 2 atom stereocenters. The Kier molecular flexibility index (Phi) is 83.6. The Bertz CT molecular complexity index is 580. The average molecular weight is 776 g/mol. The Hall–Kier alpha value is -0.420. The second kappa shape index (κ2) is 65.5. The lowest BCUT2D eigenvalue weighted by atomic mass is 10.1. The van der Waals surface area contributed by atoms with Gasteiger partial charge in [0, 0.05) is 4.11 Å². The highest BCUT2D eigenvalue weighted by Gasteiger charge is 2.35. The number of hydrogen-bond donors (Lipinski definition) is 0. The molecule has 0 heterocycles. The molecule has 2 unspecified atom stereocenters. The molecule has 0 aliphatic heterocycles. The Balaban J connectivity index is -0.0000000519. The quantitative estimate of drug-likeness (QED) is 0.194. The molecule has 0 nitrogen and oxygen atoms in total. The van der Waals surface area contributed by atoms with Gasteiger partial charge < -0.3 is 0 Å². The first kappa shape index (κ1) is 66.4. The first-order chi connectivity index (χ1) is 24.5. The van der Waals surface area contributed by atoms with E-state index in [0.717, 1.165) is 17.8 Å². The molecule has 0 saturated heterocycles. The van der Waals surface area contributed by atoms with Crippen LogP contribution in [0.15, 0.2) is 0 Å². The molecule has 0 aromatic heterocycles. The molecular formula is C46H106F6. The zero-order valence-electron chi connectivity index (χ0n) is 43.3. The van der Waals surface area contributed by atoms with Crippen LogP contribution < -0.4 is 0 Å². The third kappa shape index (κ3) is 179. The molecule has 0 aliphatic carbocycles. The van der Waals surface area contributed by atoms with Crippen molar-refractivity contribution in [1.29, 1.82) is 0 Å². The summed E-state index contributed by atoms with van der Waals surface area (Å²) in [5, 5.41) is 0. The third-order valence-corrected chi connectivity index (χ3v) is 5.69. The van der Waals surface area contributed by atoms with Crippen molar-refractivity contribution >= 4 is 0 Å². The molecule has 0 saturated carbocycles. The molecule has 0 aromatic rings. The van der Waals surface area contributed by atoms with Crippen LogP contribution in [0.1, 0.15) is 260 Å². The van der Waals surface area contributed by atoms with E-state index in [4.69, 9.17) is 4.11 Å². The maximum Gasteiger partial charge on any atom is 0.391 e. The zero-order chi connectivity index (χ0) is 47.1. The fraction of sp³-hybridized carbons (Fsp3) is 1.00. The van der Waals surface area contributed by atoms with Crippen LogP contribution in [0.5, 0.6) is 0 Å². The monoisotopic (exact) mass is 776 g/mol. The molecule has 0 aliphatic rings. The molecule has 6 heteroatoms. The normalized spacial score (nSPS) is 12.3. The Morgan fingerprint density at radius 3 is 0.692 bits per heavy atom.